The van der Waals surface area contributed by atoms with Crippen LogP contribution in [-0.4, -0.2) is 5.88 Å². The number of alkyl halides is 1. The minimum absolute atomic E-state index is 0.200. The van der Waals surface area contributed by atoms with Crippen LogP contribution in [0.15, 0.2) is 23.3 Å². The Kier molecular flexibility index (Phi) is 2.43. The van der Waals surface area contributed by atoms with Crippen molar-refractivity contribution in [1.29, 1.82) is 0 Å². The molecule has 0 radical (unpaired) electrons. The molecule has 62 valence electrons. The first-order chi connectivity index (χ1) is 5.07. The van der Waals surface area contributed by atoms with Crippen molar-refractivity contribution < 1.29 is 0 Å². The van der Waals surface area contributed by atoms with Crippen LogP contribution in [0.4, 0.5) is 0 Å². The number of allylic oxidation sites excluding steroid dienone is 4. The zero-order valence-corrected chi connectivity index (χ0v) is 8.20. The van der Waals surface area contributed by atoms with E-state index in [2.05, 4.69) is 32.9 Å². The maximum atomic E-state index is 5.86. The molecule has 0 aromatic heterocycles. The van der Waals surface area contributed by atoms with E-state index in [-0.39, 0.29) is 5.41 Å². The van der Waals surface area contributed by atoms with E-state index in [0.29, 0.717) is 5.88 Å². The minimum atomic E-state index is 0.200. The van der Waals surface area contributed by atoms with E-state index >= 15 is 0 Å². The van der Waals surface area contributed by atoms with Crippen LogP contribution in [0.5, 0.6) is 0 Å². The fourth-order valence-corrected chi connectivity index (χ4v) is 1.55. The van der Waals surface area contributed by atoms with Gasteiger partial charge in [0, 0.05) is 11.3 Å². The van der Waals surface area contributed by atoms with Gasteiger partial charge in [-0.05, 0) is 20.3 Å². The molecule has 0 aliphatic heterocycles. The smallest absolute Gasteiger partial charge is 0.0315 e. The highest BCUT2D eigenvalue weighted by molar-refractivity contribution is 6.18. The maximum absolute atomic E-state index is 5.86. The van der Waals surface area contributed by atoms with Crippen LogP contribution in [0.25, 0.3) is 0 Å². The summed E-state index contributed by atoms with van der Waals surface area (Å²) in [7, 11) is 0. The Balaban J connectivity index is 2.81. The lowest BCUT2D eigenvalue weighted by atomic mass is 9.80. The third-order valence-electron chi connectivity index (χ3n) is 2.38. The Morgan fingerprint density at radius 2 is 2.18 bits per heavy atom. The monoisotopic (exact) mass is 170 g/mol. The quantitative estimate of drug-likeness (QED) is 0.529. The molecular weight excluding hydrogens is 156 g/mol. The summed E-state index contributed by atoms with van der Waals surface area (Å²) in [6, 6.07) is 0. The molecule has 0 amide bonds. The van der Waals surface area contributed by atoms with Gasteiger partial charge in [-0.15, -0.1) is 11.6 Å². The Morgan fingerprint density at radius 1 is 1.55 bits per heavy atom. The normalized spacial score (nSPS) is 31.3. The van der Waals surface area contributed by atoms with Crippen LogP contribution >= 0.6 is 11.6 Å². The van der Waals surface area contributed by atoms with Gasteiger partial charge >= 0.3 is 0 Å². The molecule has 0 bridgehead atoms. The van der Waals surface area contributed by atoms with Crippen LogP contribution in [0.1, 0.15) is 27.2 Å². The summed E-state index contributed by atoms with van der Waals surface area (Å²) in [5.41, 5.74) is 3.06. The first-order valence-corrected chi connectivity index (χ1v) is 4.52. The summed E-state index contributed by atoms with van der Waals surface area (Å²) in [4.78, 5) is 0. The summed E-state index contributed by atoms with van der Waals surface area (Å²) >= 11 is 5.86. The zero-order chi connectivity index (χ0) is 8.48. The molecule has 0 saturated heterocycles. The third-order valence-corrected chi connectivity index (χ3v) is 2.99. The van der Waals surface area contributed by atoms with E-state index in [1.165, 1.54) is 11.1 Å². The topological polar surface area (TPSA) is 0 Å². The molecule has 0 aromatic carbocycles. The van der Waals surface area contributed by atoms with Crippen molar-refractivity contribution in [3.05, 3.63) is 23.3 Å². The molecule has 0 nitrogen and oxygen atoms in total. The molecule has 0 aromatic rings. The van der Waals surface area contributed by atoms with Gasteiger partial charge in [-0.2, -0.15) is 0 Å². The van der Waals surface area contributed by atoms with Crippen LogP contribution in [-0.2, 0) is 0 Å². The van der Waals surface area contributed by atoms with Gasteiger partial charge < -0.3 is 0 Å². The summed E-state index contributed by atoms with van der Waals surface area (Å²) in [6.45, 7) is 6.54. The van der Waals surface area contributed by atoms with Crippen LogP contribution in [0, 0.1) is 5.41 Å². The zero-order valence-electron chi connectivity index (χ0n) is 7.45. The second-order valence-corrected chi connectivity index (χ2v) is 4.03. The lowest BCUT2D eigenvalue weighted by Gasteiger charge is -2.27. The van der Waals surface area contributed by atoms with Gasteiger partial charge in [-0.1, -0.05) is 30.2 Å². The second kappa shape index (κ2) is 3.02. The molecule has 0 fully saturated rings. The van der Waals surface area contributed by atoms with E-state index in [9.17, 15) is 0 Å². The number of rotatable bonds is 1. The van der Waals surface area contributed by atoms with Gasteiger partial charge in [0.1, 0.15) is 0 Å². The summed E-state index contributed by atoms with van der Waals surface area (Å²) in [5, 5.41) is 0. The molecule has 0 heterocycles. The van der Waals surface area contributed by atoms with E-state index in [1.807, 2.05) is 0 Å². The largest absolute Gasteiger partial charge is 0.126 e. The highest BCUT2D eigenvalue weighted by Crippen LogP contribution is 2.34. The van der Waals surface area contributed by atoms with Crippen molar-refractivity contribution in [3.63, 3.8) is 0 Å². The average Bonchev–Trinajstić information content (AvgIpc) is 1.98. The average molecular weight is 171 g/mol. The fourth-order valence-electron chi connectivity index (χ4n) is 1.36. The highest BCUT2D eigenvalue weighted by atomic mass is 35.5. The van der Waals surface area contributed by atoms with Crippen LogP contribution in [0.3, 0.4) is 0 Å². The molecule has 1 aliphatic carbocycles. The van der Waals surface area contributed by atoms with Crippen molar-refractivity contribution in [2.75, 3.05) is 5.88 Å². The predicted molar refractivity (Wildman–Crippen MR) is 51.0 cm³/mol. The third kappa shape index (κ3) is 1.87. The molecule has 0 saturated carbocycles. The molecule has 0 spiro atoms. The van der Waals surface area contributed by atoms with E-state index in [1.54, 1.807) is 0 Å². The molecule has 1 atom stereocenters. The second-order valence-electron chi connectivity index (χ2n) is 3.76. The number of hydrogen-bond donors (Lipinski definition) is 0. The lowest BCUT2D eigenvalue weighted by molar-refractivity contribution is 0.474. The fraction of sp³-hybridized carbons (Fsp3) is 0.600. The lowest BCUT2D eigenvalue weighted by Crippen LogP contribution is -2.18. The number of hydrogen-bond acceptors (Lipinski definition) is 0. The van der Waals surface area contributed by atoms with Gasteiger partial charge in [0.2, 0.25) is 0 Å². The Hall–Kier alpha value is -0.230. The molecule has 1 unspecified atom stereocenters. The summed E-state index contributed by atoms with van der Waals surface area (Å²) in [5.74, 6) is 0.716. The predicted octanol–water partition coefficient (Wildman–Crippen LogP) is 3.53. The first-order valence-electron chi connectivity index (χ1n) is 3.99. The van der Waals surface area contributed by atoms with E-state index in [0.717, 1.165) is 6.42 Å². The highest BCUT2D eigenvalue weighted by Gasteiger charge is 2.23. The van der Waals surface area contributed by atoms with Crippen LogP contribution < -0.4 is 0 Å². The first kappa shape index (κ1) is 8.86. The minimum Gasteiger partial charge on any atom is -0.126 e. The molecule has 11 heavy (non-hydrogen) atoms. The Labute approximate surface area is 73.9 Å². The van der Waals surface area contributed by atoms with Crippen molar-refractivity contribution in [1.82, 2.24) is 0 Å². The van der Waals surface area contributed by atoms with Crippen molar-refractivity contribution in [2.45, 2.75) is 27.2 Å². The maximum Gasteiger partial charge on any atom is 0.0315 e. The van der Waals surface area contributed by atoms with Crippen molar-refractivity contribution >= 4 is 11.6 Å². The van der Waals surface area contributed by atoms with E-state index < -0.39 is 0 Å². The van der Waals surface area contributed by atoms with Gasteiger partial charge in [0.25, 0.3) is 0 Å². The molecule has 1 rings (SSSR count). The summed E-state index contributed by atoms with van der Waals surface area (Å²) in [6.07, 6.45) is 5.52. The number of halogens is 1. The molecule has 0 N–H and O–H groups in total. The van der Waals surface area contributed by atoms with Gasteiger partial charge in [0.05, 0.1) is 0 Å². The van der Waals surface area contributed by atoms with E-state index in [4.69, 9.17) is 11.6 Å². The van der Waals surface area contributed by atoms with Gasteiger partial charge in [0.15, 0.2) is 0 Å². The van der Waals surface area contributed by atoms with Gasteiger partial charge in [-0.25, -0.2) is 0 Å². The Morgan fingerprint density at radius 3 is 2.64 bits per heavy atom. The van der Waals surface area contributed by atoms with Crippen molar-refractivity contribution in [2.24, 2.45) is 5.41 Å². The Bertz CT molecular complexity index is 213. The molecular formula is C10H15Cl. The van der Waals surface area contributed by atoms with Crippen molar-refractivity contribution in [3.8, 4) is 0 Å². The standard InChI is InChI=1S/C10H15Cl/c1-8-4-5-10(3,7-11)6-9(8)2/h4-5H,6-7H2,1-3H3. The van der Waals surface area contributed by atoms with Crippen LogP contribution in [0.2, 0.25) is 0 Å². The van der Waals surface area contributed by atoms with Gasteiger partial charge in [-0.3, -0.25) is 0 Å². The SMILES string of the molecule is CC1=C(C)CC(C)(CCl)C=C1. The molecule has 1 aliphatic rings. The molecule has 1 heteroatoms. The summed E-state index contributed by atoms with van der Waals surface area (Å²) < 4.78 is 0.